The summed E-state index contributed by atoms with van der Waals surface area (Å²) >= 11 is 7.53. The number of H-pyrrole nitrogens is 1. The van der Waals surface area contributed by atoms with Gasteiger partial charge < -0.3 is 10.3 Å². The summed E-state index contributed by atoms with van der Waals surface area (Å²) in [6.45, 7) is 0. The molecule has 0 saturated heterocycles. The van der Waals surface area contributed by atoms with E-state index in [9.17, 15) is 4.79 Å². The van der Waals surface area contributed by atoms with Crippen LogP contribution in [0.2, 0.25) is 5.02 Å². The van der Waals surface area contributed by atoms with Crippen molar-refractivity contribution in [1.82, 2.24) is 15.0 Å². The average Bonchev–Trinajstić information content (AvgIpc) is 3.30. The van der Waals surface area contributed by atoms with E-state index in [1.165, 1.54) is 17.7 Å². The minimum absolute atomic E-state index is 0.00518. The third kappa shape index (κ3) is 3.39. The summed E-state index contributed by atoms with van der Waals surface area (Å²) in [5, 5.41) is 8.18. The lowest BCUT2D eigenvalue weighted by Crippen LogP contribution is -2.15. The number of aromatic nitrogens is 3. The van der Waals surface area contributed by atoms with E-state index in [0.717, 1.165) is 5.46 Å². The van der Waals surface area contributed by atoms with Crippen LogP contribution >= 0.6 is 22.9 Å². The molecule has 6 nitrogen and oxygen atoms in total. The quantitative estimate of drug-likeness (QED) is 0.461. The van der Waals surface area contributed by atoms with E-state index in [0.29, 0.717) is 21.4 Å². The molecule has 0 unspecified atom stereocenters. The Morgan fingerprint density at radius 1 is 1.30 bits per heavy atom. The fraction of sp³-hybridized carbons (Fsp3) is 0. The van der Waals surface area contributed by atoms with E-state index in [1.54, 1.807) is 29.8 Å². The molecule has 0 atom stereocenters. The molecular weight excluding hydrogens is 388 g/mol. The summed E-state index contributed by atoms with van der Waals surface area (Å²) in [6, 6.07) is 6.87. The van der Waals surface area contributed by atoms with Gasteiger partial charge >= 0.3 is 0 Å². The largest absolute Gasteiger partial charge is 0.351 e. The number of thiazole rings is 1. The fourth-order valence-corrected chi connectivity index (χ4v) is 3.46. The topological polar surface area (TPSA) is 82.7 Å². The van der Waals surface area contributed by atoms with E-state index in [-0.39, 0.29) is 16.8 Å². The first-order chi connectivity index (χ1) is 13.0. The van der Waals surface area contributed by atoms with Gasteiger partial charge in [0, 0.05) is 11.6 Å². The molecule has 0 fully saturated rings. The highest BCUT2D eigenvalue weighted by Gasteiger charge is 2.21. The predicted octanol–water partition coefficient (Wildman–Crippen LogP) is 3.07. The number of carbonyl (C=O) groups is 1. The van der Waals surface area contributed by atoms with Crippen molar-refractivity contribution in [2.24, 2.45) is 0 Å². The van der Waals surface area contributed by atoms with Crippen LogP contribution in [0.4, 0.5) is 20.9 Å². The third-order valence-corrected chi connectivity index (χ3v) is 4.94. The number of carbonyl (C=O) groups excluding carboxylic acids is 1. The van der Waals surface area contributed by atoms with Crippen molar-refractivity contribution in [3.63, 3.8) is 0 Å². The molecule has 0 aliphatic carbocycles. The first kappa shape index (κ1) is 17.5. The van der Waals surface area contributed by atoms with E-state index in [2.05, 4.69) is 25.6 Å². The van der Waals surface area contributed by atoms with Crippen molar-refractivity contribution in [3.05, 3.63) is 58.6 Å². The van der Waals surface area contributed by atoms with Crippen molar-refractivity contribution < 1.29 is 9.18 Å². The standard InChI is InChI=1S/C17H12BClFN5OS/c18-8-1-2-11(10(19)5-8)24-14-9(16(26)25-17-21-3-4-27-17)6-12-15(13(14)20)23-7-22-12/h1-7,24H,18H2,(H,22,23)(H,21,25,26). The van der Waals surface area contributed by atoms with Gasteiger partial charge in [-0.15, -0.1) is 11.3 Å². The molecule has 134 valence electrons. The number of fused-ring (bicyclic) bond motifs is 1. The highest BCUT2D eigenvalue weighted by molar-refractivity contribution is 7.13. The van der Waals surface area contributed by atoms with Crippen molar-refractivity contribution in [2.75, 3.05) is 10.6 Å². The monoisotopic (exact) mass is 399 g/mol. The van der Waals surface area contributed by atoms with Crippen LogP contribution in [0, 0.1) is 5.82 Å². The Bertz CT molecular complexity index is 1150. The van der Waals surface area contributed by atoms with Gasteiger partial charge in [-0.05, 0) is 18.2 Å². The van der Waals surface area contributed by atoms with Gasteiger partial charge in [0.15, 0.2) is 10.9 Å². The van der Waals surface area contributed by atoms with Gasteiger partial charge in [0.25, 0.3) is 5.91 Å². The number of rotatable bonds is 4. The second kappa shape index (κ2) is 7.01. The van der Waals surface area contributed by atoms with Gasteiger partial charge in [0.2, 0.25) is 0 Å². The Hall–Kier alpha value is -2.91. The zero-order valence-electron chi connectivity index (χ0n) is 14.0. The maximum atomic E-state index is 15.1. The molecule has 0 aliphatic heterocycles. The van der Waals surface area contributed by atoms with Gasteiger partial charge in [-0.3, -0.25) is 10.1 Å². The Morgan fingerprint density at radius 2 is 2.15 bits per heavy atom. The zero-order valence-corrected chi connectivity index (χ0v) is 15.6. The minimum Gasteiger partial charge on any atom is -0.351 e. The molecule has 0 radical (unpaired) electrons. The SMILES string of the molecule is Bc1ccc(Nc2c(C(=O)Nc3nccs3)cc3[nH]cnc3c2F)c(Cl)c1. The number of imidazole rings is 1. The average molecular weight is 400 g/mol. The van der Waals surface area contributed by atoms with Crippen molar-refractivity contribution in [3.8, 4) is 0 Å². The van der Waals surface area contributed by atoms with Crippen LogP contribution in [-0.2, 0) is 0 Å². The molecule has 1 amide bonds. The first-order valence-electron chi connectivity index (χ1n) is 7.92. The van der Waals surface area contributed by atoms with Crippen LogP contribution in [0.3, 0.4) is 0 Å². The Kier molecular flexibility index (Phi) is 4.55. The van der Waals surface area contributed by atoms with Gasteiger partial charge in [-0.25, -0.2) is 14.4 Å². The highest BCUT2D eigenvalue weighted by Crippen LogP contribution is 2.32. The molecule has 0 bridgehead atoms. The summed E-state index contributed by atoms with van der Waals surface area (Å²) < 4.78 is 15.1. The molecule has 0 spiro atoms. The zero-order chi connectivity index (χ0) is 19.0. The first-order valence-corrected chi connectivity index (χ1v) is 9.18. The molecule has 4 aromatic rings. The molecule has 3 N–H and O–H groups in total. The van der Waals surface area contributed by atoms with Crippen LogP contribution in [0.15, 0.2) is 42.2 Å². The number of nitrogens with zero attached hydrogens (tertiary/aromatic N) is 2. The number of benzene rings is 2. The second-order valence-corrected chi connectivity index (χ2v) is 7.11. The molecule has 2 aromatic heterocycles. The van der Waals surface area contributed by atoms with E-state index in [4.69, 9.17) is 11.6 Å². The van der Waals surface area contributed by atoms with Crippen LogP contribution in [0.5, 0.6) is 0 Å². The lowest BCUT2D eigenvalue weighted by atomic mass is 9.96. The summed E-state index contributed by atoms with van der Waals surface area (Å²) in [5.41, 5.74) is 2.10. The van der Waals surface area contributed by atoms with Crippen LogP contribution in [-0.4, -0.2) is 28.7 Å². The normalized spacial score (nSPS) is 10.9. The third-order valence-electron chi connectivity index (χ3n) is 3.94. The second-order valence-electron chi connectivity index (χ2n) is 5.81. The van der Waals surface area contributed by atoms with Gasteiger partial charge in [-0.1, -0.05) is 23.1 Å². The maximum Gasteiger partial charge on any atom is 0.259 e. The Morgan fingerprint density at radius 3 is 2.89 bits per heavy atom. The molecule has 27 heavy (non-hydrogen) atoms. The van der Waals surface area contributed by atoms with Crippen LogP contribution < -0.4 is 16.1 Å². The number of hydrogen-bond acceptors (Lipinski definition) is 5. The Balaban J connectivity index is 1.81. The number of nitrogens with one attached hydrogen (secondary N) is 3. The lowest BCUT2D eigenvalue weighted by Gasteiger charge is -2.14. The van der Waals surface area contributed by atoms with Gasteiger partial charge in [-0.2, -0.15) is 0 Å². The maximum absolute atomic E-state index is 15.1. The molecule has 0 aliphatic rings. The number of amides is 1. The fourth-order valence-electron chi connectivity index (χ4n) is 2.65. The summed E-state index contributed by atoms with van der Waals surface area (Å²) in [6.07, 6.45) is 2.95. The van der Waals surface area contributed by atoms with E-state index >= 15 is 4.39 Å². The Labute approximate surface area is 163 Å². The molecule has 2 aromatic carbocycles. The van der Waals surface area contributed by atoms with Crippen LogP contribution in [0.1, 0.15) is 10.4 Å². The minimum atomic E-state index is -0.644. The molecule has 10 heteroatoms. The molecule has 4 rings (SSSR count). The van der Waals surface area contributed by atoms with Crippen LogP contribution in [0.25, 0.3) is 11.0 Å². The lowest BCUT2D eigenvalue weighted by molar-refractivity contribution is 0.102. The highest BCUT2D eigenvalue weighted by atomic mass is 35.5. The molecular formula is C17H12BClFN5OS. The number of anilines is 3. The number of hydrogen-bond donors (Lipinski definition) is 3. The van der Waals surface area contributed by atoms with E-state index in [1.807, 2.05) is 13.9 Å². The smallest absolute Gasteiger partial charge is 0.259 e. The molecule has 0 saturated carbocycles. The van der Waals surface area contributed by atoms with Crippen molar-refractivity contribution in [2.45, 2.75) is 0 Å². The van der Waals surface area contributed by atoms with Crippen molar-refractivity contribution >= 4 is 69.7 Å². The summed E-state index contributed by atoms with van der Waals surface area (Å²) in [4.78, 5) is 23.6. The molecule has 2 heterocycles. The van der Waals surface area contributed by atoms with Gasteiger partial charge in [0.1, 0.15) is 13.4 Å². The number of halogens is 2. The predicted molar refractivity (Wildman–Crippen MR) is 109 cm³/mol. The van der Waals surface area contributed by atoms with Gasteiger partial charge in [0.05, 0.1) is 33.8 Å². The van der Waals surface area contributed by atoms with Crippen molar-refractivity contribution in [1.29, 1.82) is 0 Å². The summed E-state index contributed by atoms with van der Waals surface area (Å²) in [5.74, 6) is -1.14. The van der Waals surface area contributed by atoms with E-state index < -0.39 is 11.7 Å². The number of aromatic amines is 1. The summed E-state index contributed by atoms with van der Waals surface area (Å²) in [7, 11) is 1.90.